The summed E-state index contributed by atoms with van der Waals surface area (Å²) in [5, 5.41) is 7.13. The molecule has 2 aromatic rings. The molecule has 1 unspecified atom stereocenters. The number of guanidine groups is 1. The Morgan fingerprint density at radius 1 is 1.38 bits per heavy atom. The first kappa shape index (κ1) is 23.1. The third kappa shape index (κ3) is 7.02. The topological polar surface area (TPSA) is 49.8 Å². The predicted molar refractivity (Wildman–Crippen MR) is 121 cm³/mol. The standard InChI is InChI=1S/C18H25ClN4OS.HI/c1-5-20-18(21-10-14-6-8-15(19)9-7-14)23(3)11-16-12-25-17(22-16)13(2)24-4;/h6-9,12-13H,5,10-11H2,1-4H3,(H,20,21);1H. The molecule has 0 bridgehead atoms. The van der Waals surface area contributed by atoms with Gasteiger partial charge in [-0.05, 0) is 31.5 Å². The van der Waals surface area contributed by atoms with Gasteiger partial charge >= 0.3 is 0 Å². The minimum Gasteiger partial charge on any atom is -0.375 e. The summed E-state index contributed by atoms with van der Waals surface area (Å²) < 4.78 is 5.33. The van der Waals surface area contributed by atoms with Crippen LogP contribution in [0.3, 0.4) is 0 Å². The minimum atomic E-state index is 0. The van der Waals surface area contributed by atoms with Crippen LogP contribution in [0.1, 0.15) is 36.2 Å². The van der Waals surface area contributed by atoms with Crippen molar-refractivity contribution in [3.63, 3.8) is 0 Å². The van der Waals surface area contributed by atoms with Crippen molar-refractivity contribution < 1.29 is 4.74 Å². The highest BCUT2D eigenvalue weighted by Crippen LogP contribution is 2.21. The molecule has 0 spiro atoms. The molecule has 1 N–H and O–H groups in total. The van der Waals surface area contributed by atoms with Crippen LogP contribution in [-0.4, -0.2) is 36.5 Å². The van der Waals surface area contributed by atoms with Gasteiger partial charge in [0.25, 0.3) is 0 Å². The molecule has 1 aromatic heterocycles. The average molecular weight is 509 g/mol. The molecule has 0 radical (unpaired) electrons. The van der Waals surface area contributed by atoms with Crippen LogP contribution in [-0.2, 0) is 17.8 Å². The molecule has 0 aliphatic rings. The highest BCUT2D eigenvalue weighted by atomic mass is 127. The molecule has 1 heterocycles. The zero-order valence-electron chi connectivity index (χ0n) is 15.5. The van der Waals surface area contributed by atoms with E-state index in [1.165, 1.54) is 0 Å². The first-order chi connectivity index (χ1) is 12.0. The number of thiazole rings is 1. The van der Waals surface area contributed by atoms with E-state index in [0.717, 1.165) is 33.8 Å². The Bertz CT molecular complexity index is 693. The first-order valence-electron chi connectivity index (χ1n) is 8.24. The zero-order chi connectivity index (χ0) is 18.2. The van der Waals surface area contributed by atoms with E-state index in [-0.39, 0.29) is 30.1 Å². The van der Waals surface area contributed by atoms with E-state index in [1.54, 1.807) is 18.4 Å². The molecule has 0 saturated carbocycles. The molecule has 0 amide bonds. The second-order valence-corrected chi connectivity index (χ2v) is 7.03. The first-order valence-corrected chi connectivity index (χ1v) is 9.50. The molecule has 0 aliphatic carbocycles. The van der Waals surface area contributed by atoms with Gasteiger partial charge in [0.2, 0.25) is 0 Å². The minimum absolute atomic E-state index is 0. The average Bonchev–Trinajstić information content (AvgIpc) is 3.07. The summed E-state index contributed by atoms with van der Waals surface area (Å²) in [7, 11) is 3.71. The maximum absolute atomic E-state index is 5.93. The number of benzene rings is 1. The molecule has 1 atom stereocenters. The highest BCUT2D eigenvalue weighted by Gasteiger charge is 2.12. The third-order valence-electron chi connectivity index (χ3n) is 3.69. The van der Waals surface area contributed by atoms with Crippen LogP contribution in [0.5, 0.6) is 0 Å². The molecule has 1 aromatic carbocycles. The van der Waals surface area contributed by atoms with Gasteiger partial charge in [0.15, 0.2) is 5.96 Å². The molecule has 5 nitrogen and oxygen atoms in total. The molecule has 2 rings (SSSR count). The number of nitrogens with zero attached hydrogens (tertiary/aromatic N) is 3. The lowest BCUT2D eigenvalue weighted by Crippen LogP contribution is -2.38. The number of hydrogen-bond donors (Lipinski definition) is 1. The fourth-order valence-corrected chi connectivity index (χ4v) is 3.19. The van der Waals surface area contributed by atoms with Gasteiger partial charge in [-0.25, -0.2) is 9.98 Å². The van der Waals surface area contributed by atoms with E-state index in [4.69, 9.17) is 21.3 Å². The van der Waals surface area contributed by atoms with Gasteiger partial charge in [-0.2, -0.15) is 0 Å². The fourth-order valence-electron chi connectivity index (χ4n) is 2.23. The predicted octanol–water partition coefficient (Wildman–Crippen LogP) is 4.72. The van der Waals surface area contributed by atoms with Crippen LogP contribution >= 0.6 is 46.9 Å². The van der Waals surface area contributed by atoms with Crippen LogP contribution < -0.4 is 5.32 Å². The number of aromatic nitrogens is 1. The van der Waals surface area contributed by atoms with Crippen LogP contribution in [0, 0.1) is 0 Å². The normalized spacial score (nSPS) is 12.4. The number of aliphatic imine (C=N–C) groups is 1. The van der Waals surface area contributed by atoms with Crippen molar-refractivity contribution in [3.05, 3.63) is 50.9 Å². The highest BCUT2D eigenvalue weighted by molar-refractivity contribution is 14.0. The molecule has 26 heavy (non-hydrogen) atoms. The fraction of sp³-hybridized carbons (Fsp3) is 0.444. The Hall–Kier alpha value is -0.900. The van der Waals surface area contributed by atoms with Crippen molar-refractivity contribution in [1.82, 2.24) is 15.2 Å². The monoisotopic (exact) mass is 508 g/mol. The molecule has 8 heteroatoms. The van der Waals surface area contributed by atoms with Crippen LogP contribution in [0.15, 0.2) is 34.6 Å². The number of halogens is 2. The Labute approximate surface area is 181 Å². The van der Waals surface area contributed by atoms with Gasteiger partial charge in [-0.1, -0.05) is 23.7 Å². The summed E-state index contributed by atoms with van der Waals surface area (Å²) in [5.41, 5.74) is 2.14. The Morgan fingerprint density at radius 3 is 2.69 bits per heavy atom. The number of hydrogen-bond acceptors (Lipinski definition) is 4. The number of rotatable bonds is 7. The van der Waals surface area contributed by atoms with Crippen LogP contribution in [0.25, 0.3) is 0 Å². The lowest BCUT2D eigenvalue weighted by molar-refractivity contribution is 0.119. The van der Waals surface area contributed by atoms with Gasteiger partial charge in [-0.3, -0.25) is 0 Å². The summed E-state index contributed by atoms with van der Waals surface area (Å²) in [6, 6.07) is 7.76. The van der Waals surface area contributed by atoms with E-state index >= 15 is 0 Å². The lowest BCUT2D eigenvalue weighted by Gasteiger charge is -2.21. The van der Waals surface area contributed by atoms with E-state index in [2.05, 4.69) is 27.5 Å². The second-order valence-electron chi connectivity index (χ2n) is 5.71. The maximum Gasteiger partial charge on any atom is 0.194 e. The SMILES string of the molecule is CCNC(=NCc1ccc(Cl)cc1)N(C)Cc1csc(C(C)OC)n1.I. The maximum atomic E-state index is 5.93. The quantitative estimate of drug-likeness (QED) is 0.334. The summed E-state index contributed by atoms with van der Waals surface area (Å²) >= 11 is 7.55. The van der Waals surface area contributed by atoms with Crippen molar-refractivity contribution in [2.75, 3.05) is 20.7 Å². The summed E-state index contributed by atoms with van der Waals surface area (Å²) in [6.45, 7) is 6.18. The van der Waals surface area contributed by atoms with Crippen molar-refractivity contribution in [2.24, 2.45) is 4.99 Å². The van der Waals surface area contributed by atoms with Crippen LogP contribution in [0.4, 0.5) is 0 Å². The molecule has 144 valence electrons. The van der Waals surface area contributed by atoms with Gasteiger partial charge in [0.05, 0.1) is 18.8 Å². The van der Waals surface area contributed by atoms with E-state index < -0.39 is 0 Å². The van der Waals surface area contributed by atoms with Crippen molar-refractivity contribution >= 4 is 52.9 Å². The van der Waals surface area contributed by atoms with Gasteiger partial charge in [0, 0.05) is 31.1 Å². The summed E-state index contributed by atoms with van der Waals surface area (Å²) in [6.07, 6.45) is 0.0239. The summed E-state index contributed by atoms with van der Waals surface area (Å²) in [4.78, 5) is 11.4. The van der Waals surface area contributed by atoms with E-state index in [1.807, 2.05) is 38.2 Å². The molecular weight excluding hydrogens is 483 g/mol. The van der Waals surface area contributed by atoms with Crippen molar-refractivity contribution in [2.45, 2.75) is 33.0 Å². The number of nitrogens with one attached hydrogen (secondary N) is 1. The third-order valence-corrected chi connectivity index (χ3v) is 5.00. The van der Waals surface area contributed by atoms with Gasteiger partial charge < -0.3 is 15.0 Å². The van der Waals surface area contributed by atoms with E-state index in [0.29, 0.717) is 13.1 Å². The second kappa shape index (κ2) is 11.7. The van der Waals surface area contributed by atoms with Crippen LogP contribution in [0.2, 0.25) is 5.02 Å². The molecule has 0 saturated heterocycles. The smallest absolute Gasteiger partial charge is 0.194 e. The summed E-state index contributed by atoms with van der Waals surface area (Å²) in [5.74, 6) is 0.854. The van der Waals surface area contributed by atoms with Gasteiger partial charge in [0.1, 0.15) is 11.1 Å². The Morgan fingerprint density at radius 2 is 2.08 bits per heavy atom. The molecule has 0 fully saturated rings. The van der Waals surface area contributed by atoms with Gasteiger partial charge in [-0.15, -0.1) is 35.3 Å². The molecular formula is C18H26ClIN4OS. The zero-order valence-corrected chi connectivity index (χ0v) is 19.4. The largest absolute Gasteiger partial charge is 0.375 e. The Balaban J connectivity index is 0.00000338. The van der Waals surface area contributed by atoms with Crippen molar-refractivity contribution in [1.29, 1.82) is 0 Å². The van der Waals surface area contributed by atoms with E-state index in [9.17, 15) is 0 Å². The Kier molecular flexibility index (Phi) is 10.4. The lowest BCUT2D eigenvalue weighted by atomic mass is 10.2. The number of methoxy groups -OCH3 is 1. The van der Waals surface area contributed by atoms with Crippen molar-refractivity contribution in [3.8, 4) is 0 Å². The molecule has 0 aliphatic heterocycles. The number of ether oxygens (including phenoxy) is 1.